The molecule has 36 heavy (non-hydrogen) atoms. The summed E-state index contributed by atoms with van der Waals surface area (Å²) in [5.74, 6) is 6.42. The van der Waals surface area contributed by atoms with Crippen LogP contribution < -0.4 is 0 Å². The zero-order valence-corrected chi connectivity index (χ0v) is 21.7. The number of rotatable bonds is 10. The van der Waals surface area contributed by atoms with Gasteiger partial charge in [0, 0.05) is 16.5 Å². The average molecular weight is 477 g/mol. The molecule has 0 nitrogen and oxygen atoms in total. The molecule has 0 atom stereocenters. The van der Waals surface area contributed by atoms with Gasteiger partial charge in [0.2, 0.25) is 0 Å². The molecule has 0 aliphatic heterocycles. The Balaban J connectivity index is 1.40. The molecule has 0 aliphatic carbocycles. The van der Waals surface area contributed by atoms with Crippen molar-refractivity contribution in [2.24, 2.45) is 0 Å². The van der Waals surface area contributed by atoms with Gasteiger partial charge in [-0.2, -0.15) is 0 Å². The third kappa shape index (κ3) is 6.86. The third-order valence-electron chi connectivity index (χ3n) is 6.93. The summed E-state index contributed by atoms with van der Waals surface area (Å²) in [4.78, 5) is 0. The van der Waals surface area contributed by atoms with Crippen molar-refractivity contribution in [3.63, 3.8) is 0 Å². The summed E-state index contributed by atoms with van der Waals surface area (Å²) < 4.78 is 14.8. The Morgan fingerprint density at radius 2 is 1.22 bits per heavy atom. The van der Waals surface area contributed by atoms with Gasteiger partial charge in [0.05, 0.1) is 0 Å². The summed E-state index contributed by atoms with van der Waals surface area (Å²) in [5.41, 5.74) is 6.54. The van der Waals surface area contributed by atoms with E-state index in [1.165, 1.54) is 55.2 Å². The Morgan fingerprint density at radius 1 is 0.583 bits per heavy atom. The van der Waals surface area contributed by atoms with Crippen LogP contribution in [0.5, 0.6) is 0 Å². The summed E-state index contributed by atoms with van der Waals surface area (Å²) >= 11 is 0. The molecular weight excluding hydrogens is 439 g/mol. The molecule has 184 valence electrons. The van der Waals surface area contributed by atoms with Crippen molar-refractivity contribution in [3.8, 4) is 23.0 Å². The van der Waals surface area contributed by atoms with Gasteiger partial charge in [-0.25, -0.2) is 4.39 Å². The fourth-order valence-electron chi connectivity index (χ4n) is 4.66. The van der Waals surface area contributed by atoms with Crippen molar-refractivity contribution in [2.75, 3.05) is 0 Å². The zero-order chi connectivity index (χ0) is 25.2. The summed E-state index contributed by atoms with van der Waals surface area (Å²) in [5, 5.41) is 1.58. The summed E-state index contributed by atoms with van der Waals surface area (Å²) in [7, 11) is 0. The van der Waals surface area contributed by atoms with Crippen LogP contribution in [0.25, 0.3) is 21.9 Å². The molecule has 0 radical (unpaired) electrons. The normalized spacial score (nSPS) is 10.9. The Morgan fingerprint density at radius 3 is 1.94 bits per heavy atom. The molecule has 1 heteroatoms. The Labute approximate surface area is 216 Å². The molecule has 0 heterocycles. The first kappa shape index (κ1) is 25.7. The molecule has 0 spiro atoms. The number of unbranched alkanes of at least 4 members (excludes halogenated alkanes) is 5. The van der Waals surface area contributed by atoms with Gasteiger partial charge in [0.1, 0.15) is 5.82 Å². The molecular formula is C35H37F. The van der Waals surface area contributed by atoms with E-state index >= 15 is 0 Å². The van der Waals surface area contributed by atoms with Crippen LogP contribution in [-0.4, -0.2) is 0 Å². The van der Waals surface area contributed by atoms with E-state index in [-0.39, 0.29) is 5.82 Å². The van der Waals surface area contributed by atoms with Crippen LogP contribution >= 0.6 is 0 Å². The van der Waals surface area contributed by atoms with Gasteiger partial charge in [-0.05, 0) is 77.6 Å². The smallest absolute Gasteiger partial charge is 0.134 e. The summed E-state index contributed by atoms with van der Waals surface area (Å²) in [6, 6.07) is 27.1. The first-order valence-electron chi connectivity index (χ1n) is 13.6. The van der Waals surface area contributed by atoms with E-state index in [9.17, 15) is 4.39 Å². The van der Waals surface area contributed by atoms with Gasteiger partial charge in [0.25, 0.3) is 0 Å². The van der Waals surface area contributed by atoms with Crippen LogP contribution in [0.4, 0.5) is 4.39 Å². The highest BCUT2D eigenvalue weighted by Crippen LogP contribution is 2.24. The maximum Gasteiger partial charge on any atom is 0.134 e. The van der Waals surface area contributed by atoms with Gasteiger partial charge in [0.15, 0.2) is 0 Å². The predicted octanol–water partition coefficient (Wildman–Crippen LogP) is 9.90. The number of benzene rings is 4. The Hall–Kier alpha value is -3.37. The lowest BCUT2D eigenvalue weighted by atomic mass is 9.99. The highest BCUT2D eigenvalue weighted by atomic mass is 19.1. The highest BCUT2D eigenvalue weighted by molar-refractivity contribution is 5.85. The van der Waals surface area contributed by atoms with Crippen molar-refractivity contribution in [1.82, 2.24) is 0 Å². The topological polar surface area (TPSA) is 0 Å². The van der Waals surface area contributed by atoms with Gasteiger partial charge in [-0.1, -0.05) is 112 Å². The highest BCUT2D eigenvalue weighted by Gasteiger charge is 2.07. The monoisotopic (exact) mass is 476 g/mol. The molecule has 0 bridgehead atoms. The number of fused-ring (bicyclic) bond motifs is 1. The first-order chi connectivity index (χ1) is 17.7. The van der Waals surface area contributed by atoms with Crippen LogP contribution in [0.1, 0.15) is 81.0 Å². The van der Waals surface area contributed by atoms with E-state index in [0.29, 0.717) is 5.39 Å². The van der Waals surface area contributed by atoms with Gasteiger partial charge in [-0.3, -0.25) is 0 Å². The molecule has 0 fully saturated rings. The average Bonchev–Trinajstić information content (AvgIpc) is 2.92. The molecule has 0 unspecified atom stereocenters. The zero-order valence-electron chi connectivity index (χ0n) is 21.7. The van der Waals surface area contributed by atoms with Crippen molar-refractivity contribution in [3.05, 3.63) is 107 Å². The number of halogens is 1. The number of hydrogen-bond donors (Lipinski definition) is 0. The van der Waals surface area contributed by atoms with E-state index in [1.54, 1.807) is 0 Å². The van der Waals surface area contributed by atoms with Gasteiger partial charge < -0.3 is 0 Å². The molecule has 0 saturated carbocycles. The van der Waals surface area contributed by atoms with Gasteiger partial charge >= 0.3 is 0 Å². The molecule has 0 aliphatic rings. The quantitative estimate of drug-likeness (QED) is 0.158. The van der Waals surface area contributed by atoms with Crippen molar-refractivity contribution in [2.45, 2.75) is 71.6 Å². The molecule has 0 saturated heterocycles. The lowest BCUT2D eigenvalue weighted by Crippen LogP contribution is -1.92. The lowest BCUT2D eigenvalue weighted by Gasteiger charge is -2.06. The van der Waals surface area contributed by atoms with Crippen LogP contribution in [-0.2, 0) is 12.8 Å². The maximum atomic E-state index is 14.8. The Bertz CT molecular complexity index is 1320. The summed E-state index contributed by atoms with van der Waals surface area (Å²) in [6.45, 7) is 4.39. The number of aryl methyl sites for hydroxylation is 2. The van der Waals surface area contributed by atoms with E-state index in [4.69, 9.17) is 0 Å². The molecule has 0 aromatic heterocycles. The minimum atomic E-state index is -0.0870. The lowest BCUT2D eigenvalue weighted by molar-refractivity contribution is 0.614. The van der Waals surface area contributed by atoms with E-state index in [2.05, 4.69) is 74.2 Å². The van der Waals surface area contributed by atoms with E-state index in [0.717, 1.165) is 41.3 Å². The van der Waals surface area contributed by atoms with Crippen LogP contribution in [0.15, 0.2) is 78.9 Å². The molecule has 4 rings (SSSR count). The molecule has 0 N–H and O–H groups in total. The Kier molecular flexibility index (Phi) is 9.34. The molecule has 4 aromatic carbocycles. The van der Waals surface area contributed by atoms with E-state index in [1.807, 2.05) is 30.3 Å². The van der Waals surface area contributed by atoms with Crippen LogP contribution in [0.2, 0.25) is 0 Å². The minimum Gasteiger partial charge on any atom is -0.206 e. The standard InChI is InChI=1S/C35H37F/c1-3-5-7-8-9-10-27-14-19-30(20-15-27)31-21-16-28(17-22-31)12-13-29-18-25-34-33(26-29)24-23-32(35(34)36)11-6-4-2/h14-26H,3-11H2,1-2H3. The molecule has 0 amide bonds. The minimum absolute atomic E-state index is 0.0870. The fraction of sp³-hybridized carbons (Fsp3) is 0.314. The van der Waals surface area contributed by atoms with Crippen LogP contribution in [0, 0.1) is 17.7 Å². The SMILES string of the molecule is CCCCCCCc1ccc(-c2ccc(C#Cc3ccc4c(F)c(CCCC)ccc4c3)cc2)cc1. The fourth-order valence-corrected chi connectivity index (χ4v) is 4.66. The second kappa shape index (κ2) is 13.1. The largest absolute Gasteiger partial charge is 0.206 e. The van der Waals surface area contributed by atoms with Gasteiger partial charge in [-0.15, -0.1) is 0 Å². The maximum absolute atomic E-state index is 14.8. The predicted molar refractivity (Wildman–Crippen MR) is 153 cm³/mol. The molecule has 4 aromatic rings. The second-order valence-electron chi connectivity index (χ2n) is 9.77. The van der Waals surface area contributed by atoms with Crippen molar-refractivity contribution in [1.29, 1.82) is 0 Å². The third-order valence-corrected chi connectivity index (χ3v) is 6.93. The number of hydrogen-bond acceptors (Lipinski definition) is 0. The van der Waals surface area contributed by atoms with E-state index < -0.39 is 0 Å². The van der Waals surface area contributed by atoms with Crippen LogP contribution in [0.3, 0.4) is 0 Å². The first-order valence-corrected chi connectivity index (χ1v) is 13.6. The summed E-state index contributed by atoms with van der Waals surface area (Å²) in [6.07, 6.45) is 10.6. The second-order valence-corrected chi connectivity index (χ2v) is 9.77. The van der Waals surface area contributed by atoms with Crippen molar-refractivity contribution >= 4 is 10.8 Å². The van der Waals surface area contributed by atoms with Crippen molar-refractivity contribution < 1.29 is 4.39 Å².